The van der Waals surface area contributed by atoms with Crippen molar-refractivity contribution in [3.63, 3.8) is 0 Å². The van der Waals surface area contributed by atoms with Crippen molar-refractivity contribution in [3.8, 4) is 17.6 Å². The lowest BCUT2D eigenvalue weighted by Crippen LogP contribution is -2.11. The zero-order chi connectivity index (χ0) is 14.8. The van der Waals surface area contributed by atoms with Gasteiger partial charge in [0.2, 0.25) is 10.0 Å². The molecule has 0 spiro atoms. The minimum absolute atomic E-state index is 0.0116. The van der Waals surface area contributed by atoms with E-state index in [0.717, 1.165) is 0 Å². The van der Waals surface area contributed by atoms with E-state index < -0.39 is 10.0 Å². The first-order chi connectivity index (χ1) is 9.40. The summed E-state index contributed by atoms with van der Waals surface area (Å²) in [7, 11) is -3.75. The minimum atomic E-state index is -3.75. The van der Waals surface area contributed by atoms with Gasteiger partial charge in [-0.3, -0.25) is 0 Å². The summed E-state index contributed by atoms with van der Waals surface area (Å²) in [5.41, 5.74) is 0.472. The first kappa shape index (κ1) is 14.5. The number of sulfonamides is 1. The fourth-order valence-electron chi connectivity index (χ4n) is 1.50. The van der Waals surface area contributed by atoms with Crippen molar-refractivity contribution in [3.05, 3.63) is 52.5 Å². The quantitative estimate of drug-likeness (QED) is 0.918. The van der Waals surface area contributed by atoms with Gasteiger partial charge in [-0.25, -0.2) is 13.6 Å². The van der Waals surface area contributed by atoms with Gasteiger partial charge in [0.05, 0.1) is 21.0 Å². The van der Waals surface area contributed by atoms with Crippen LogP contribution in [-0.4, -0.2) is 8.42 Å². The van der Waals surface area contributed by atoms with Gasteiger partial charge in [-0.05, 0) is 52.3 Å². The average Bonchev–Trinajstić information content (AvgIpc) is 2.40. The maximum Gasteiger partial charge on any atom is 0.238 e. The Labute approximate surface area is 124 Å². The summed E-state index contributed by atoms with van der Waals surface area (Å²) >= 11 is 3.22. The van der Waals surface area contributed by atoms with E-state index in [1.165, 1.54) is 18.2 Å². The predicted octanol–water partition coefficient (Wildman–Crippen LogP) is 2.76. The maximum absolute atomic E-state index is 11.2. The molecule has 0 saturated carbocycles. The molecule has 7 heteroatoms. The van der Waals surface area contributed by atoms with Crippen LogP contribution < -0.4 is 9.88 Å². The summed E-state index contributed by atoms with van der Waals surface area (Å²) in [6, 6.07) is 12.8. The first-order valence-corrected chi connectivity index (χ1v) is 7.74. The molecule has 0 aliphatic heterocycles. The number of ether oxygens (including phenoxy) is 1. The second-order valence-corrected chi connectivity index (χ2v) is 6.29. The Bertz CT molecular complexity index is 798. The minimum Gasteiger partial charge on any atom is -0.456 e. The third-order valence-corrected chi connectivity index (χ3v) is 3.95. The van der Waals surface area contributed by atoms with Gasteiger partial charge < -0.3 is 4.74 Å². The van der Waals surface area contributed by atoms with E-state index in [4.69, 9.17) is 15.1 Å². The first-order valence-electron chi connectivity index (χ1n) is 5.40. The van der Waals surface area contributed by atoms with E-state index in [-0.39, 0.29) is 4.90 Å². The van der Waals surface area contributed by atoms with Crippen molar-refractivity contribution in [2.75, 3.05) is 0 Å². The highest BCUT2D eigenvalue weighted by Gasteiger charge is 2.11. The van der Waals surface area contributed by atoms with Gasteiger partial charge in [0.1, 0.15) is 11.5 Å². The van der Waals surface area contributed by atoms with Crippen LogP contribution >= 0.6 is 15.9 Å². The molecule has 20 heavy (non-hydrogen) atoms. The molecule has 0 amide bonds. The van der Waals surface area contributed by atoms with Crippen molar-refractivity contribution in [1.29, 1.82) is 5.26 Å². The van der Waals surface area contributed by atoms with Gasteiger partial charge in [0.25, 0.3) is 0 Å². The van der Waals surface area contributed by atoms with Crippen LogP contribution in [0.5, 0.6) is 11.5 Å². The van der Waals surface area contributed by atoms with Crippen LogP contribution in [0.25, 0.3) is 0 Å². The number of hydrogen-bond acceptors (Lipinski definition) is 4. The van der Waals surface area contributed by atoms with Crippen LogP contribution in [0.15, 0.2) is 51.8 Å². The van der Waals surface area contributed by atoms with Gasteiger partial charge in [0, 0.05) is 0 Å². The van der Waals surface area contributed by atoms with Crippen LogP contribution in [0.2, 0.25) is 0 Å². The molecule has 2 aromatic rings. The highest BCUT2D eigenvalue weighted by molar-refractivity contribution is 9.10. The number of nitrogens with zero attached hydrogens (tertiary/aromatic N) is 1. The van der Waals surface area contributed by atoms with Crippen LogP contribution in [-0.2, 0) is 10.0 Å². The molecule has 0 unspecified atom stereocenters. The molecule has 2 rings (SSSR count). The van der Waals surface area contributed by atoms with Crippen molar-refractivity contribution in [2.45, 2.75) is 4.90 Å². The summed E-state index contributed by atoms with van der Waals surface area (Å²) in [5.74, 6) is 0.903. The summed E-state index contributed by atoms with van der Waals surface area (Å²) < 4.78 is 28.5. The Balaban J connectivity index is 2.33. The molecule has 0 aromatic heterocycles. The zero-order valence-corrected chi connectivity index (χ0v) is 12.5. The lowest BCUT2D eigenvalue weighted by atomic mass is 10.2. The molecule has 5 nitrogen and oxygen atoms in total. The molecule has 0 heterocycles. The average molecular weight is 353 g/mol. The monoisotopic (exact) mass is 352 g/mol. The van der Waals surface area contributed by atoms with Gasteiger partial charge in [-0.2, -0.15) is 5.26 Å². The van der Waals surface area contributed by atoms with Crippen molar-refractivity contribution in [1.82, 2.24) is 0 Å². The molecule has 2 aromatic carbocycles. The molecular formula is C13H9BrN2O3S. The molecule has 0 bridgehead atoms. The van der Waals surface area contributed by atoms with Crippen molar-refractivity contribution < 1.29 is 13.2 Å². The Hall–Kier alpha value is -1.88. The van der Waals surface area contributed by atoms with Crippen molar-refractivity contribution in [2.24, 2.45) is 5.14 Å². The van der Waals surface area contributed by atoms with Crippen LogP contribution in [0, 0.1) is 11.3 Å². The number of rotatable bonds is 3. The van der Waals surface area contributed by atoms with E-state index in [1.807, 2.05) is 6.07 Å². The number of nitriles is 1. The summed E-state index contributed by atoms with van der Waals surface area (Å²) in [5, 5.41) is 13.9. The molecule has 102 valence electrons. The zero-order valence-electron chi connectivity index (χ0n) is 10.1. The molecule has 2 N–H and O–H groups in total. The number of primary sulfonamides is 1. The fourth-order valence-corrected chi connectivity index (χ4v) is 2.65. The lowest BCUT2D eigenvalue weighted by molar-refractivity contribution is 0.479. The largest absolute Gasteiger partial charge is 0.456 e. The van der Waals surface area contributed by atoms with Gasteiger partial charge in [-0.15, -0.1) is 0 Å². The smallest absolute Gasteiger partial charge is 0.238 e. The van der Waals surface area contributed by atoms with E-state index in [1.54, 1.807) is 24.3 Å². The number of benzene rings is 2. The van der Waals surface area contributed by atoms with Gasteiger partial charge >= 0.3 is 0 Å². The lowest BCUT2D eigenvalue weighted by Gasteiger charge is -2.09. The van der Waals surface area contributed by atoms with E-state index in [9.17, 15) is 8.42 Å². The Morgan fingerprint density at radius 2 is 1.95 bits per heavy atom. The molecular weight excluding hydrogens is 344 g/mol. The fraction of sp³-hybridized carbons (Fsp3) is 0. The second-order valence-electron chi connectivity index (χ2n) is 3.88. The van der Waals surface area contributed by atoms with E-state index >= 15 is 0 Å². The standard InChI is InChI=1S/C13H9BrN2O3S/c14-12-7-11(20(16,17)18)4-5-13(12)19-10-3-1-2-9(6-10)8-15/h1-7H,(H2,16,17,18). The van der Waals surface area contributed by atoms with Gasteiger partial charge in [-0.1, -0.05) is 6.07 Å². The highest BCUT2D eigenvalue weighted by Crippen LogP contribution is 2.31. The Morgan fingerprint density at radius 1 is 1.20 bits per heavy atom. The molecule has 0 fully saturated rings. The number of nitrogens with two attached hydrogens (primary N) is 1. The topological polar surface area (TPSA) is 93.2 Å². The molecule has 0 saturated heterocycles. The normalized spacial score (nSPS) is 10.8. The Morgan fingerprint density at radius 3 is 2.55 bits per heavy atom. The number of hydrogen-bond donors (Lipinski definition) is 1. The highest BCUT2D eigenvalue weighted by atomic mass is 79.9. The summed E-state index contributed by atoms with van der Waals surface area (Å²) in [4.78, 5) is -0.0116. The second kappa shape index (κ2) is 5.63. The third kappa shape index (κ3) is 3.36. The predicted molar refractivity (Wildman–Crippen MR) is 76.7 cm³/mol. The van der Waals surface area contributed by atoms with Crippen LogP contribution in [0.1, 0.15) is 5.56 Å². The van der Waals surface area contributed by atoms with E-state index in [2.05, 4.69) is 15.9 Å². The number of halogens is 1. The summed E-state index contributed by atoms with van der Waals surface area (Å²) in [6.07, 6.45) is 0. The molecule has 0 atom stereocenters. The molecule has 0 radical (unpaired) electrons. The molecule has 0 aliphatic carbocycles. The summed E-state index contributed by atoms with van der Waals surface area (Å²) in [6.45, 7) is 0. The molecule has 0 aliphatic rings. The Kier molecular flexibility index (Phi) is 4.09. The third-order valence-electron chi connectivity index (χ3n) is 2.42. The maximum atomic E-state index is 11.2. The van der Waals surface area contributed by atoms with Crippen molar-refractivity contribution >= 4 is 26.0 Å². The van der Waals surface area contributed by atoms with Gasteiger partial charge in [0.15, 0.2) is 0 Å². The van der Waals surface area contributed by atoms with E-state index in [0.29, 0.717) is 21.5 Å². The van der Waals surface area contributed by atoms with Crippen LogP contribution in [0.4, 0.5) is 0 Å². The van der Waals surface area contributed by atoms with Crippen LogP contribution in [0.3, 0.4) is 0 Å². The SMILES string of the molecule is N#Cc1cccc(Oc2ccc(S(N)(=O)=O)cc2Br)c1.